The molecule has 1 N–H and O–H groups in total. The largest absolute Gasteiger partial charge is 0.493 e. The smallest absolute Gasteiger partial charge is 0.261 e. The van der Waals surface area contributed by atoms with Crippen molar-refractivity contribution in [1.29, 1.82) is 0 Å². The van der Waals surface area contributed by atoms with Crippen molar-refractivity contribution in [1.82, 2.24) is 9.88 Å². The molecule has 0 atom stereocenters. The van der Waals surface area contributed by atoms with Crippen molar-refractivity contribution in [3.63, 3.8) is 0 Å². The van der Waals surface area contributed by atoms with Crippen LogP contribution in [0.4, 0.5) is 10.1 Å². The van der Waals surface area contributed by atoms with Gasteiger partial charge in [-0.25, -0.2) is 12.8 Å². The lowest BCUT2D eigenvalue weighted by atomic mass is 9.91. The summed E-state index contributed by atoms with van der Waals surface area (Å²) in [6.45, 7) is 11.5. The molecule has 0 unspecified atom stereocenters. The molecular weight excluding hydrogens is 537 g/mol. The predicted molar refractivity (Wildman–Crippen MR) is 163 cm³/mol. The summed E-state index contributed by atoms with van der Waals surface area (Å²) in [7, 11) is -3.95. The molecule has 0 saturated heterocycles. The van der Waals surface area contributed by atoms with Crippen molar-refractivity contribution < 1.29 is 17.5 Å². The van der Waals surface area contributed by atoms with E-state index in [1.807, 2.05) is 12.3 Å². The Morgan fingerprint density at radius 1 is 0.976 bits per heavy atom. The number of nitrogens with one attached hydrogen (secondary N) is 1. The van der Waals surface area contributed by atoms with Crippen LogP contribution in [-0.2, 0) is 34.9 Å². The van der Waals surface area contributed by atoms with Gasteiger partial charge in [-0.1, -0.05) is 71.9 Å². The van der Waals surface area contributed by atoms with Gasteiger partial charge in [-0.3, -0.25) is 14.6 Å². The molecule has 6 nitrogen and oxygen atoms in total. The molecule has 1 aliphatic rings. The van der Waals surface area contributed by atoms with Crippen LogP contribution in [-0.4, -0.2) is 31.5 Å². The molecule has 0 fully saturated rings. The van der Waals surface area contributed by atoms with Crippen molar-refractivity contribution in [2.45, 2.75) is 96.0 Å². The molecular formula is C33H44FN3O3S. The van der Waals surface area contributed by atoms with Crippen LogP contribution in [0, 0.1) is 5.82 Å². The molecule has 1 aromatic heterocycles. The Hall–Kier alpha value is -2.97. The summed E-state index contributed by atoms with van der Waals surface area (Å²) in [6, 6.07) is 13.7. The van der Waals surface area contributed by atoms with Gasteiger partial charge in [0.1, 0.15) is 5.75 Å². The van der Waals surface area contributed by atoms with E-state index >= 15 is 0 Å². The van der Waals surface area contributed by atoms with Gasteiger partial charge < -0.3 is 4.74 Å². The van der Waals surface area contributed by atoms with Gasteiger partial charge in [0.2, 0.25) is 0 Å². The minimum absolute atomic E-state index is 0.0199. The molecule has 41 heavy (non-hydrogen) atoms. The highest BCUT2D eigenvalue weighted by Gasteiger charge is 2.22. The second kappa shape index (κ2) is 13.8. The fourth-order valence-corrected chi connectivity index (χ4v) is 6.17. The summed E-state index contributed by atoms with van der Waals surface area (Å²) in [4.78, 5) is 7.11. The molecule has 3 aromatic rings. The van der Waals surface area contributed by atoms with Crippen molar-refractivity contribution in [3.05, 3.63) is 82.9 Å². The van der Waals surface area contributed by atoms with Crippen molar-refractivity contribution in [2.75, 3.05) is 17.9 Å². The molecule has 222 valence electrons. The zero-order valence-corrected chi connectivity index (χ0v) is 25.7. The zero-order valence-electron chi connectivity index (χ0n) is 24.9. The number of sulfonamides is 1. The maximum atomic E-state index is 14.8. The van der Waals surface area contributed by atoms with E-state index in [0.29, 0.717) is 12.4 Å². The van der Waals surface area contributed by atoms with Gasteiger partial charge in [0.05, 0.1) is 17.2 Å². The Morgan fingerprint density at radius 2 is 1.76 bits per heavy atom. The third-order valence-corrected chi connectivity index (χ3v) is 8.89. The summed E-state index contributed by atoms with van der Waals surface area (Å²) in [6.07, 6.45) is 9.56. The number of fused-ring (bicyclic) bond motifs is 1. The number of ether oxygens (including phenoxy) is 1. The fraction of sp³-hybridized carbons (Fsp3) is 0.485. The SMILES string of the molecule is CCCCCCCCOc1ccc(NS(=O)(=O)c2ccc3c(c2)CCN(Cc2ccc(C(C)(C)C)nc2)C3)c(F)c1. The average molecular weight is 582 g/mol. The number of rotatable bonds is 13. The summed E-state index contributed by atoms with van der Waals surface area (Å²) in [5, 5.41) is 0. The highest BCUT2D eigenvalue weighted by atomic mass is 32.2. The Balaban J connectivity index is 1.32. The number of nitrogens with zero attached hydrogens (tertiary/aromatic N) is 2. The highest BCUT2D eigenvalue weighted by Crippen LogP contribution is 2.27. The van der Waals surface area contributed by atoms with E-state index < -0.39 is 15.8 Å². The third kappa shape index (κ3) is 8.76. The van der Waals surface area contributed by atoms with Crippen LogP contribution in [0.15, 0.2) is 59.6 Å². The van der Waals surface area contributed by atoms with E-state index in [9.17, 15) is 12.8 Å². The first-order chi connectivity index (χ1) is 19.5. The quantitative estimate of drug-likeness (QED) is 0.210. The van der Waals surface area contributed by atoms with Crippen molar-refractivity contribution in [2.24, 2.45) is 0 Å². The van der Waals surface area contributed by atoms with E-state index in [2.05, 4.69) is 54.4 Å². The monoisotopic (exact) mass is 581 g/mol. The van der Waals surface area contributed by atoms with Gasteiger partial charge in [0.25, 0.3) is 10.0 Å². The van der Waals surface area contributed by atoms with Crippen LogP contribution >= 0.6 is 0 Å². The lowest BCUT2D eigenvalue weighted by molar-refractivity contribution is 0.245. The molecule has 0 spiro atoms. The normalized spacial score (nSPS) is 14.1. The van der Waals surface area contributed by atoms with E-state index in [4.69, 9.17) is 4.74 Å². The topological polar surface area (TPSA) is 71.5 Å². The fourth-order valence-electron chi connectivity index (χ4n) is 5.05. The average Bonchev–Trinajstić information content (AvgIpc) is 2.93. The highest BCUT2D eigenvalue weighted by molar-refractivity contribution is 7.92. The third-order valence-electron chi connectivity index (χ3n) is 7.53. The van der Waals surface area contributed by atoms with Gasteiger partial charge in [-0.05, 0) is 59.9 Å². The number of halogens is 1. The van der Waals surface area contributed by atoms with Crippen LogP contribution in [0.2, 0.25) is 0 Å². The zero-order chi connectivity index (χ0) is 29.5. The Bertz CT molecular complexity index is 1400. The number of hydrogen-bond donors (Lipinski definition) is 1. The summed E-state index contributed by atoms with van der Waals surface area (Å²) >= 11 is 0. The molecule has 2 aromatic carbocycles. The van der Waals surface area contributed by atoms with Crippen LogP contribution in [0.5, 0.6) is 5.75 Å². The van der Waals surface area contributed by atoms with Crippen molar-refractivity contribution >= 4 is 15.7 Å². The Morgan fingerprint density at radius 3 is 2.46 bits per heavy atom. The number of pyridine rings is 1. The lowest BCUT2D eigenvalue weighted by Crippen LogP contribution is -2.30. The molecule has 0 aliphatic carbocycles. The van der Waals surface area contributed by atoms with E-state index in [0.717, 1.165) is 61.3 Å². The summed E-state index contributed by atoms with van der Waals surface area (Å²) < 4.78 is 49.1. The molecule has 1 aliphatic heterocycles. The molecule has 0 amide bonds. The van der Waals surface area contributed by atoms with E-state index in [-0.39, 0.29) is 16.0 Å². The number of hydrogen-bond acceptors (Lipinski definition) is 5. The molecule has 4 rings (SSSR count). The van der Waals surface area contributed by atoms with Gasteiger partial charge in [0.15, 0.2) is 5.82 Å². The van der Waals surface area contributed by atoms with Crippen LogP contribution in [0.25, 0.3) is 0 Å². The van der Waals surface area contributed by atoms with Crippen LogP contribution in [0.3, 0.4) is 0 Å². The molecule has 0 radical (unpaired) electrons. The maximum absolute atomic E-state index is 14.8. The lowest BCUT2D eigenvalue weighted by Gasteiger charge is -2.29. The minimum atomic E-state index is -3.95. The summed E-state index contributed by atoms with van der Waals surface area (Å²) in [5.41, 5.74) is 4.26. The standard InChI is InChI=1S/C33H44FN3O3S/c1-5-6-7-8-9-10-19-40-28-13-15-31(30(34)21-28)36-41(38,39)29-14-12-27-24-37(18-17-26(27)20-29)23-25-11-16-32(35-22-25)33(2,3)4/h11-16,20-22,36H,5-10,17-19,23-24H2,1-4H3. The number of anilines is 1. The maximum Gasteiger partial charge on any atom is 0.261 e. The predicted octanol–water partition coefficient (Wildman–Crippen LogP) is 7.62. The second-order valence-electron chi connectivity index (χ2n) is 12.1. The number of aromatic nitrogens is 1. The minimum Gasteiger partial charge on any atom is -0.493 e. The van der Waals surface area contributed by atoms with Crippen LogP contribution in [0.1, 0.15) is 88.6 Å². The molecule has 8 heteroatoms. The second-order valence-corrected chi connectivity index (χ2v) is 13.7. The molecule has 0 bridgehead atoms. The molecule has 2 heterocycles. The van der Waals surface area contributed by atoms with E-state index in [1.165, 1.54) is 37.8 Å². The Kier molecular flexibility index (Phi) is 10.4. The van der Waals surface area contributed by atoms with Gasteiger partial charge in [0, 0.05) is 43.0 Å². The first kappa shape index (κ1) is 31.0. The van der Waals surface area contributed by atoms with Crippen molar-refractivity contribution in [3.8, 4) is 5.75 Å². The summed E-state index contributed by atoms with van der Waals surface area (Å²) in [5.74, 6) is -0.258. The van der Waals surface area contributed by atoms with Gasteiger partial charge in [-0.2, -0.15) is 0 Å². The van der Waals surface area contributed by atoms with Gasteiger partial charge in [-0.15, -0.1) is 0 Å². The number of unbranched alkanes of at least 4 members (excludes halogenated alkanes) is 5. The van der Waals surface area contributed by atoms with E-state index in [1.54, 1.807) is 18.2 Å². The first-order valence-electron chi connectivity index (χ1n) is 14.8. The first-order valence-corrected chi connectivity index (χ1v) is 16.3. The van der Waals surface area contributed by atoms with Gasteiger partial charge >= 0.3 is 0 Å². The van der Waals surface area contributed by atoms with Crippen LogP contribution < -0.4 is 9.46 Å². The molecule has 0 saturated carbocycles. The number of benzene rings is 2. The Labute approximate surface area is 245 Å².